The fourth-order valence-electron chi connectivity index (χ4n) is 5.29. The van der Waals surface area contributed by atoms with Crippen LogP contribution in [-0.4, -0.2) is 63.9 Å². The third-order valence-electron chi connectivity index (χ3n) is 7.12. The molecule has 9 heteroatoms. The summed E-state index contributed by atoms with van der Waals surface area (Å²) >= 11 is 0. The zero-order chi connectivity index (χ0) is 22.9. The molecule has 1 saturated carbocycles. The molecule has 0 aromatic carbocycles. The summed E-state index contributed by atoms with van der Waals surface area (Å²) in [7, 11) is -3.14. The summed E-state index contributed by atoms with van der Waals surface area (Å²) in [6.07, 6.45) is 12.6. The number of nitrogens with zero attached hydrogens (tertiary/aromatic N) is 4. The minimum atomic E-state index is -3.14. The van der Waals surface area contributed by atoms with Crippen molar-refractivity contribution < 1.29 is 13.5 Å². The Kier molecular flexibility index (Phi) is 7.07. The number of nitrogens with one attached hydrogen (secondary N) is 1. The molecule has 178 valence electrons. The standard InChI is InChI=1S/C23H37N5O3S/c1-4-5-16(2)25-23-24-14-20-21(17-10-12-27(13-11-17)32(3,30)31)15-28(22(20)26-23)18-6-8-19(29)9-7-18/h14-19,29H,4-13H2,1-3H3,(H,24,25,26)/t16-,18-,19-/m0/s1. The van der Waals surface area contributed by atoms with Gasteiger partial charge in [-0.15, -0.1) is 0 Å². The van der Waals surface area contributed by atoms with Crippen molar-refractivity contribution in [3.63, 3.8) is 0 Å². The van der Waals surface area contributed by atoms with Gasteiger partial charge < -0.3 is 15.0 Å². The molecule has 0 amide bonds. The minimum absolute atomic E-state index is 0.199. The summed E-state index contributed by atoms with van der Waals surface area (Å²) in [4.78, 5) is 9.56. The fraction of sp³-hybridized carbons (Fsp3) is 0.739. The highest BCUT2D eigenvalue weighted by Gasteiger charge is 2.30. The van der Waals surface area contributed by atoms with E-state index in [-0.39, 0.29) is 6.10 Å². The van der Waals surface area contributed by atoms with Gasteiger partial charge in [-0.25, -0.2) is 17.7 Å². The lowest BCUT2D eigenvalue weighted by Crippen LogP contribution is -2.37. The summed E-state index contributed by atoms with van der Waals surface area (Å²) < 4.78 is 27.7. The molecule has 2 aliphatic rings. The average molecular weight is 464 g/mol. The molecule has 1 aliphatic carbocycles. The molecule has 32 heavy (non-hydrogen) atoms. The predicted octanol–water partition coefficient (Wildman–Crippen LogP) is 3.65. The van der Waals surface area contributed by atoms with Crippen LogP contribution in [0.15, 0.2) is 12.4 Å². The molecule has 2 aromatic rings. The number of anilines is 1. The van der Waals surface area contributed by atoms with Crippen molar-refractivity contribution in [2.45, 2.75) is 89.3 Å². The van der Waals surface area contributed by atoms with Crippen LogP contribution in [-0.2, 0) is 10.0 Å². The zero-order valence-corrected chi connectivity index (χ0v) is 20.3. The Morgan fingerprint density at radius 2 is 1.88 bits per heavy atom. The number of aliphatic hydroxyl groups is 1. The van der Waals surface area contributed by atoms with Crippen LogP contribution in [0.25, 0.3) is 11.0 Å². The molecule has 4 rings (SSSR count). The molecule has 1 saturated heterocycles. The number of hydrogen-bond donors (Lipinski definition) is 2. The Morgan fingerprint density at radius 1 is 1.19 bits per heavy atom. The minimum Gasteiger partial charge on any atom is -0.393 e. The summed E-state index contributed by atoms with van der Waals surface area (Å²) in [5, 5.41) is 14.5. The number of aromatic nitrogens is 3. The molecule has 0 spiro atoms. The average Bonchev–Trinajstić information content (AvgIpc) is 3.13. The summed E-state index contributed by atoms with van der Waals surface area (Å²) in [6, 6.07) is 0.632. The Labute approximate surface area is 191 Å². The monoisotopic (exact) mass is 463 g/mol. The van der Waals surface area contributed by atoms with E-state index in [0.717, 1.165) is 62.4 Å². The first-order chi connectivity index (χ1) is 15.3. The van der Waals surface area contributed by atoms with Crippen molar-refractivity contribution in [3.05, 3.63) is 18.0 Å². The number of fused-ring (bicyclic) bond motifs is 1. The van der Waals surface area contributed by atoms with Gasteiger partial charge in [0, 0.05) is 43.0 Å². The molecule has 1 aliphatic heterocycles. The molecule has 2 fully saturated rings. The first-order valence-electron chi connectivity index (χ1n) is 12.0. The summed E-state index contributed by atoms with van der Waals surface area (Å²) in [5.74, 6) is 0.958. The lowest BCUT2D eigenvalue weighted by Gasteiger charge is -2.30. The molecule has 2 N–H and O–H groups in total. The van der Waals surface area contributed by atoms with Gasteiger partial charge in [0.05, 0.1) is 12.4 Å². The van der Waals surface area contributed by atoms with Gasteiger partial charge in [0.1, 0.15) is 5.65 Å². The Balaban J connectivity index is 1.65. The second-order valence-electron chi connectivity index (χ2n) is 9.66. The Bertz CT molecular complexity index is 1020. The van der Waals surface area contributed by atoms with Crippen molar-refractivity contribution in [3.8, 4) is 0 Å². The summed E-state index contributed by atoms with van der Waals surface area (Å²) in [6.45, 7) is 5.44. The van der Waals surface area contributed by atoms with E-state index in [1.54, 1.807) is 4.31 Å². The highest BCUT2D eigenvalue weighted by molar-refractivity contribution is 7.88. The highest BCUT2D eigenvalue weighted by Crippen LogP contribution is 2.38. The van der Waals surface area contributed by atoms with Crippen molar-refractivity contribution in [1.82, 2.24) is 18.8 Å². The van der Waals surface area contributed by atoms with E-state index in [2.05, 4.69) is 34.9 Å². The molecule has 8 nitrogen and oxygen atoms in total. The van der Waals surface area contributed by atoms with Gasteiger partial charge in [0.25, 0.3) is 0 Å². The number of rotatable bonds is 7. The SMILES string of the molecule is CCC[C@H](C)Nc1ncc2c(C3CCN(S(C)(=O)=O)CC3)cn([C@H]3CC[C@H](O)CC3)c2n1. The van der Waals surface area contributed by atoms with Crippen LogP contribution in [0.5, 0.6) is 0 Å². The van der Waals surface area contributed by atoms with E-state index in [9.17, 15) is 13.5 Å². The maximum atomic E-state index is 11.9. The molecule has 0 bridgehead atoms. The lowest BCUT2D eigenvalue weighted by molar-refractivity contribution is 0.111. The lowest BCUT2D eigenvalue weighted by atomic mass is 9.90. The molecule has 0 unspecified atom stereocenters. The van der Waals surface area contributed by atoms with Gasteiger partial charge in [-0.05, 0) is 63.4 Å². The van der Waals surface area contributed by atoms with Crippen molar-refractivity contribution >= 4 is 27.0 Å². The van der Waals surface area contributed by atoms with Crippen LogP contribution in [0.3, 0.4) is 0 Å². The quantitative estimate of drug-likeness (QED) is 0.650. The Morgan fingerprint density at radius 3 is 2.50 bits per heavy atom. The normalized spacial score (nSPS) is 24.6. The third kappa shape index (κ3) is 5.10. The third-order valence-corrected chi connectivity index (χ3v) is 8.43. The second-order valence-corrected chi connectivity index (χ2v) is 11.6. The van der Waals surface area contributed by atoms with Crippen molar-refractivity contribution in [2.75, 3.05) is 24.7 Å². The van der Waals surface area contributed by atoms with E-state index in [4.69, 9.17) is 4.98 Å². The molecule has 3 heterocycles. The predicted molar refractivity (Wildman–Crippen MR) is 127 cm³/mol. The van der Waals surface area contributed by atoms with Crippen LogP contribution in [0, 0.1) is 0 Å². The molecular weight excluding hydrogens is 426 g/mol. The Hall–Kier alpha value is -1.71. The van der Waals surface area contributed by atoms with E-state index < -0.39 is 10.0 Å². The first kappa shape index (κ1) is 23.4. The van der Waals surface area contributed by atoms with Crippen LogP contribution in [0.1, 0.15) is 82.7 Å². The maximum Gasteiger partial charge on any atom is 0.224 e. The van der Waals surface area contributed by atoms with Crippen molar-refractivity contribution in [1.29, 1.82) is 0 Å². The van der Waals surface area contributed by atoms with Crippen molar-refractivity contribution in [2.24, 2.45) is 0 Å². The van der Waals surface area contributed by atoms with Gasteiger partial charge >= 0.3 is 0 Å². The maximum absolute atomic E-state index is 11.9. The van der Waals surface area contributed by atoms with E-state index in [0.29, 0.717) is 37.0 Å². The van der Waals surface area contributed by atoms with Crippen LogP contribution >= 0.6 is 0 Å². The van der Waals surface area contributed by atoms with Crippen LogP contribution in [0.2, 0.25) is 0 Å². The highest BCUT2D eigenvalue weighted by atomic mass is 32.2. The largest absolute Gasteiger partial charge is 0.393 e. The van der Waals surface area contributed by atoms with Gasteiger partial charge in [-0.2, -0.15) is 4.98 Å². The van der Waals surface area contributed by atoms with Gasteiger partial charge in [0.2, 0.25) is 16.0 Å². The second kappa shape index (κ2) is 9.65. The molecule has 1 atom stereocenters. The van der Waals surface area contributed by atoms with E-state index in [1.807, 2.05) is 6.20 Å². The molecular formula is C23H37N5O3S. The van der Waals surface area contributed by atoms with Crippen LogP contribution in [0.4, 0.5) is 5.95 Å². The van der Waals surface area contributed by atoms with E-state index >= 15 is 0 Å². The topological polar surface area (TPSA) is 100 Å². The zero-order valence-electron chi connectivity index (χ0n) is 19.5. The fourth-order valence-corrected chi connectivity index (χ4v) is 6.16. The smallest absolute Gasteiger partial charge is 0.224 e. The number of sulfonamides is 1. The van der Waals surface area contributed by atoms with Crippen LogP contribution < -0.4 is 5.32 Å². The number of hydrogen-bond acceptors (Lipinski definition) is 6. The first-order valence-corrected chi connectivity index (χ1v) is 13.9. The molecule has 0 radical (unpaired) electrons. The number of piperidine rings is 1. The molecule has 2 aromatic heterocycles. The van der Waals surface area contributed by atoms with Gasteiger partial charge in [-0.3, -0.25) is 0 Å². The van der Waals surface area contributed by atoms with E-state index in [1.165, 1.54) is 11.8 Å². The summed E-state index contributed by atoms with van der Waals surface area (Å²) in [5.41, 5.74) is 2.18. The number of aliphatic hydroxyl groups excluding tert-OH is 1. The van der Waals surface area contributed by atoms with Gasteiger partial charge in [-0.1, -0.05) is 13.3 Å². The van der Waals surface area contributed by atoms with Gasteiger partial charge in [0.15, 0.2) is 0 Å².